The van der Waals surface area contributed by atoms with Crippen molar-refractivity contribution in [3.63, 3.8) is 0 Å². The quantitative estimate of drug-likeness (QED) is 0.529. The highest BCUT2D eigenvalue weighted by molar-refractivity contribution is 9.10. The molecule has 2 aromatic rings. The van der Waals surface area contributed by atoms with Gasteiger partial charge in [-0.3, -0.25) is 9.59 Å². The number of halogens is 1. The van der Waals surface area contributed by atoms with Crippen LogP contribution in [0.3, 0.4) is 0 Å². The third-order valence-electron chi connectivity index (χ3n) is 4.72. The van der Waals surface area contributed by atoms with E-state index in [9.17, 15) is 9.59 Å². The van der Waals surface area contributed by atoms with Gasteiger partial charge in [-0.25, -0.2) is 15.1 Å². The minimum atomic E-state index is -0.358. The Balaban J connectivity index is 1.31. The number of amides is 1. The van der Waals surface area contributed by atoms with E-state index < -0.39 is 0 Å². The first-order valence-corrected chi connectivity index (χ1v) is 10.6. The third kappa shape index (κ3) is 5.99. The molecule has 11 heteroatoms. The summed E-state index contributed by atoms with van der Waals surface area (Å²) in [6.07, 6.45) is 6.35. The first-order chi connectivity index (χ1) is 14.6. The van der Waals surface area contributed by atoms with Crippen LogP contribution in [0, 0.1) is 0 Å². The van der Waals surface area contributed by atoms with Crippen molar-refractivity contribution in [1.29, 1.82) is 0 Å². The van der Waals surface area contributed by atoms with Crippen molar-refractivity contribution in [2.75, 3.05) is 50.9 Å². The summed E-state index contributed by atoms with van der Waals surface area (Å²) in [6, 6.07) is 0. The van der Waals surface area contributed by atoms with E-state index in [1.807, 2.05) is 17.3 Å². The highest BCUT2D eigenvalue weighted by Crippen LogP contribution is 2.17. The number of anilines is 1. The lowest BCUT2D eigenvalue weighted by molar-refractivity contribution is -0.132. The van der Waals surface area contributed by atoms with Gasteiger partial charge >= 0.3 is 0 Å². The Kier molecular flexibility index (Phi) is 8.14. The fourth-order valence-electron chi connectivity index (χ4n) is 2.95. The Labute approximate surface area is 182 Å². The van der Waals surface area contributed by atoms with Crippen LogP contribution in [0.4, 0.5) is 5.95 Å². The number of aromatic nitrogens is 4. The average Bonchev–Trinajstić information content (AvgIpc) is 2.79. The summed E-state index contributed by atoms with van der Waals surface area (Å²) >= 11 is 3.14. The third-order valence-corrected chi connectivity index (χ3v) is 5.48. The lowest BCUT2D eigenvalue weighted by atomic mass is 10.2. The summed E-state index contributed by atoms with van der Waals surface area (Å²) in [5.41, 5.74) is 0.753. The number of aryl methyl sites for hydroxylation is 1. The number of carbonyl (C=O) groups excluding carboxylic acids is 1. The molecule has 1 amide bonds. The highest BCUT2D eigenvalue weighted by atomic mass is 79.9. The maximum atomic E-state index is 12.4. The highest BCUT2D eigenvalue weighted by Gasteiger charge is 2.22. The molecular weight excluding hydrogens is 456 g/mol. The van der Waals surface area contributed by atoms with Gasteiger partial charge in [0.05, 0.1) is 25.8 Å². The van der Waals surface area contributed by atoms with Crippen LogP contribution in [-0.2, 0) is 16.0 Å². The van der Waals surface area contributed by atoms with E-state index in [0.29, 0.717) is 62.0 Å². The molecule has 162 valence electrons. The van der Waals surface area contributed by atoms with Gasteiger partial charge in [-0.2, -0.15) is 5.10 Å². The monoisotopic (exact) mass is 480 g/mol. The van der Waals surface area contributed by atoms with E-state index in [1.165, 1.54) is 6.20 Å². The Morgan fingerprint density at radius 3 is 2.57 bits per heavy atom. The zero-order valence-electron chi connectivity index (χ0n) is 16.8. The zero-order chi connectivity index (χ0) is 21.3. The van der Waals surface area contributed by atoms with Gasteiger partial charge in [0.2, 0.25) is 11.9 Å². The maximum Gasteiger partial charge on any atom is 0.282 e. The first-order valence-electron chi connectivity index (χ1n) is 9.86. The van der Waals surface area contributed by atoms with E-state index >= 15 is 0 Å². The predicted octanol–water partition coefficient (Wildman–Crippen LogP) is 1.02. The first kappa shape index (κ1) is 22.2. The van der Waals surface area contributed by atoms with Gasteiger partial charge in [0, 0.05) is 38.6 Å². The molecule has 0 atom stereocenters. The number of rotatable bonds is 9. The minimum absolute atomic E-state index is 0.0688. The van der Waals surface area contributed by atoms with Gasteiger partial charge in [0.15, 0.2) is 5.75 Å². The molecule has 0 saturated carbocycles. The van der Waals surface area contributed by atoms with Gasteiger partial charge < -0.3 is 19.3 Å². The molecule has 1 fully saturated rings. The summed E-state index contributed by atoms with van der Waals surface area (Å²) in [5.74, 6) is 1.13. The number of piperazine rings is 1. The van der Waals surface area contributed by atoms with Crippen LogP contribution in [0.2, 0.25) is 0 Å². The van der Waals surface area contributed by atoms with E-state index in [4.69, 9.17) is 9.47 Å². The standard InChI is InChI=1S/C19H25BrN6O4/c1-2-14-11-21-19(22-12-14)26-6-4-25(5-7-26)16(27)3-8-29-9-10-30-15-13-23-24-18(28)17(15)20/h11-13H,2-10H2,1H3,(H,24,28). The number of H-pyrrole nitrogens is 1. The van der Waals surface area contributed by atoms with Crippen molar-refractivity contribution in [1.82, 2.24) is 25.1 Å². The molecule has 0 spiro atoms. The topological polar surface area (TPSA) is 114 Å². The minimum Gasteiger partial charge on any atom is -0.488 e. The fraction of sp³-hybridized carbons (Fsp3) is 0.526. The van der Waals surface area contributed by atoms with E-state index in [-0.39, 0.29) is 18.1 Å². The van der Waals surface area contributed by atoms with Crippen LogP contribution in [0.5, 0.6) is 5.75 Å². The molecule has 0 unspecified atom stereocenters. The van der Waals surface area contributed by atoms with Crippen molar-refractivity contribution in [3.8, 4) is 5.75 Å². The van der Waals surface area contributed by atoms with Crippen molar-refractivity contribution in [2.24, 2.45) is 0 Å². The predicted molar refractivity (Wildman–Crippen MR) is 114 cm³/mol. The van der Waals surface area contributed by atoms with E-state index in [0.717, 1.165) is 12.0 Å². The molecule has 1 aliphatic rings. The Hall–Kier alpha value is -2.53. The molecule has 1 aliphatic heterocycles. The smallest absolute Gasteiger partial charge is 0.282 e. The molecule has 2 aromatic heterocycles. The number of nitrogens with zero attached hydrogens (tertiary/aromatic N) is 5. The number of aromatic amines is 1. The molecular formula is C19H25BrN6O4. The second-order valence-corrected chi connectivity index (χ2v) is 7.49. The van der Waals surface area contributed by atoms with Crippen molar-refractivity contribution in [3.05, 3.63) is 39.0 Å². The number of carbonyl (C=O) groups is 1. The van der Waals surface area contributed by atoms with Crippen LogP contribution in [0.15, 0.2) is 27.9 Å². The second kappa shape index (κ2) is 11.0. The summed E-state index contributed by atoms with van der Waals surface area (Å²) in [5, 5.41) is 5.97. The number of nitrogens with one attached hydrogen (secondary N) is 1. The molecule has 0 aromatic carbocycles. The Morgan fingerprint density at radius 2 is 1.87 bits per heavy atom. The molecule has 0 radical (unpaired) electrons. The zero-order valence-corrected chi connectivity index (χ0v) is 18.4. The summed E-state index contributed by atoms with van der Waals surface area (Å²) in [7, 11) is 0. The number of hydrogen-bond donors (Lipinski definition) is 1. The van der Waals surface area contributed by atoms with Gasteiger partial charge in [-0.15, -0.1) is 0 Å². The molecule has 1 saturated heterocycles. The maximum absolute atomic E-state index is 12.4. The molecule has 3 heterocycles. The van der Waals surface area contributed by atoms with Crippen molar-refractivity contribution >= 4 is 27.8 Å². The SMILES string of the molecule is CCc1cnc(N2CCN(C(=O)CCOCCOc3cn[nH]c(=O)c3Br)CC2)nc1. The van der Waals surface area contributed by atoms with Crippen LogP contribution >= 0.6 is 15.9 Å². The molecule has 30 heavy (non-hydrogen) atoms. The van der Waals surface area contributed by atoms with Crippen molar-refractivity contribution < 1.29 is 14.3 Å². The molecule has 3 rings (SSSR count). The van der Waals surface area contributed by atoms with E-state index in [2.05, 4.69) is 47.9 Å². The fourth-order valence-corrected chi connectivity index (χ4v) is 3.25. The largest absolute Gasteiger partial charge is 0.488 e. The number of ether oxygens (including phenoxy) is 2. The van der Waals surface area contributed by atoms with Gasteiger partial charge in [0.25, 0.3) is 5.56 Å². The van der Waals surface area contributed by atoms with Gasteiger partial charge in [-0.05, 0) is 27.9 Å². The normalized spacial score (nSPS) is 14.1. The molecule has 0 bridgehead atoms. The second-order valence-electron chi connectivity index (χ2n) is 6.70. The van der Waals surface area contributed by atoms with Crippen LogP contribution < -0.4 is 15.2 Å². The Bertz CT molecular complexity index is 883. The molecule has 0 aliphatic carbocycles. The average molecular weight is 481 g/mol. The van der Waals surface area contributed by atoms with Gasteiger partial charge in [-0.1, -0.05) is 6.92 Å². The molecule has 1 N–H and O–H groups in total. The Morgan fingerprint density at radius 1 is 1.13 bits per heavy atom. The lowest BCUT2D eigenvalue weighted by Crippen LogP contribution is -2.49. The van der Waals surface area contributed by atoms with Gasteiger partial charge in [0.1, 0.15) is 11.1 Å². The molecule has 10 nitrogen and oxygen atoms in total. The number of hydrogen-bond acceptors (Lipinski definition) is 8. The van der Waals surface area contributed by atoms with Crippen molar-refractivity contribution in [2.45, 2.75) is 19.8 Å². The summed E-state index contributed by atoms with van der Waals surface area (Å²) in [6.45, 7) is 5.67. The lowest BCUT2D eigenvalue weighted by Gasteiger charge is -2.34. The van der Waals surface area contributed by atoms with Crippen LogP contribution in [-0.4, -0.2) is 77.0 Å². The summed E-state index contributed by atoms with van der Waals surface area (Å²) < 4.78 is 11.2. The van der Waals surface area contributed by atoms with Crippen LogP contribution in [0.25, 0.3) is 0 Å². The van der Waals surface area contributed by atoms with Crippen LogP contribution in [0.1, 0.15) is 18.9 Å². The van der Waals surface area contributed by atoms with E-state index in [1.54, 1.807) is 0 Å². The summed E-state index contributed by atoms with van der Waals surface area (Å²) in [4.78, 5) is 36.5.